The summed E-state index contributed by atoms with van der Waals surface area (Å²) in [6.07, 6.45) is -1.79. The lowest BCUT2D eigenvalue weighted by Crippen LogP contribution is -2.32. The Morgan fingerprint density at radius 1 is 0.976 bits per heavy atom. The van der Waals surface area contributed by atoms with Gasteiger partial charge in [-0.3, -0.25) is 14.4 Å². The summed E-state index contributed by atoms with van der Waals surface area (Å²) in [5.74, 6) is -2.10. The van der Waals surface area contributed by atoms with Crippen molar-refractivity contribution >= 4 is 46.9 Å². The number of alkyl halides is 3. The number of nitrogens with one attached hydrogen (secondary N) is 3. The van der Waals surface area contributed by atoms with E-state index in [-0.39, 0.29) is 22.2 Å². The summed E-state index contributed by atoms with van der Waals surface area (Å²) in [6.45, 7) is 3.28. The molecule has 14 heteroatoms. The van der Waals surface area contributed by atoms with E-state index >= 15 is 0 Å². The highest BCUT2D eigenvalue weighted by atomic mass is 35.5. The van der Waals surface area contributed by atoms with Gasteiger partial charge in [0, 0.05) is 11.4 Å². The van der Waals surface area contributed by atoms with Crippen LogP contribution in [0.1, 0.15) is 11.1 Å². The SMILES string of the molecule is C=CCOc1ccc(NC(=O)C(=O)N/N=C\c2cc(Cl)c(OCC(=O)Nc3cccc(C(F)(F)F)c3)c(OC)c2)cc1. The predicted octanol–water partition coefficient (Wildman–Crippen LogP) is 5.04. The summed E-state index contributed by atoms with van der Waals surface area (Å²) in [5, 5.41) is 8.47. The van der Waals surface area contributed by atoms with Crippen LogP contribution in [-0.2, 0) is 20.6 Å². The van der Waals surface area contributed by atoms with Crippen molar-refractivity contribution in [3.8, 4) is 17.2 Å². The number of carbonyl (C=O) groups is 3. The van der Waals surface area contributed by atoms with Crippen molar-refractivity contribution in [2.24, 2.45) is 5.10 Å². The minimum atomic E-state index is -4.56. The van der Waals surface area contributed by atoms with E-state index in [4.69, 9.17) is 25.8 Å². The molecule has 0 aliphatic rings. The van der Waals surface area contributed by atoms with Crippen LogP contribution in [0.15, 0.2) is 78.4 Å². The van der Waals surface area contributed by atoms with Gasteiger partial charge in [-0.05, 0) is 60.2 Å². The van der Waals surface area contributed by atoms with E-state index in [1.807, 2.05) is 0 Å². The second-order valence-electron chi connectivity index (χ2n) is 8.23. The number of hydrazone groups is 1. The van der Waals surface area contributed by atoms with Gasteiger partial charge >= 0.3 is 18.0 Å². The van der Waals surface area contributed by atoms with E-state index in [1.165, 1.54) is 31.5 Å². The summed E-state index contributed by atoms with van der Waals surface area (Å²) >= 11 is 6.26. The van der Waals surface area contributed by atoms with Crippen LogP contribution in [0.25, 0.3) is 0 Å². The molecule has 0 atom stereocenters. The first-order valence-corrected chi connectivity index (χ1v) is 12.3. The van der Waals surface area contributed by atoms with Gasteiger partial charge in [0.2, 0.25) is 0 Å². The van der Waals surface area contributed by atoms with Crippen LogP contribution in [0.2, 0.25) is 5.02 Å². The van der Waals surface area contributed by atoms with Crippen LogP contribution in [-0.4, -0.2) is 44.3 Å². The van der Waals surface area contributed by atoms with Gasteiger partial charge in [-0.25, -0.2) is 5.43 Å². The van der Waals surface area contributed by atoms with Crippen molar-refractivity contribution in [1.29, 1.82) is 0 Å². The van der Waals surface area contributed by atoms with Crippen molar-refractivity contribution in [2.45, 2.75) is 6.18 Å². The maximum Gasteiger partial charge on any atom is 0.416 e. The highest BCUT2D eigenvalue weighted by Crippen LogP contribution is 2.36. The van der Waals surface area contributed by atoms with Gasteiger partial charge in [0.05, 0.1) is 23.9 Å². The number of methoxy groups -OCH3 is 1. The van der Waals surface area contributed by atoms with Crippen LogP contribution >= 0.6 is 11.6 Å². The average molecular weight is 605 g/mol. The van der Waals surface area contributed by atoms with Crippen molar-refractivity contribution in [1.82, 2.24) is 5.43 Å². The van der Waals surface area contributed by atoms with Crippen molar-refractivity contribution < 1.29 is 41.8 Å². The molecule has 42 heavy (non-hydrogen) atoms. The summed E-state index contributed by atoms with van der Waals surface area (Å²) in [5.41, 5.74) is 1.80. The van der Waals surface area contributed by atoms with E-state index in [0.29, 0.717) is 23.6 Å². The number of anilines is 2. The van der Waals surface area contributed by atoms with Gasteiger partial charge in [-0.1, -0.05) is 30.3 Å². The van der Waals surface area contributed by atoms with Gasteiger partial charge in [0.25, 0.3) is 5.91 Å². The summed E-state index contributed by atoms with van der Waals surface area (Å²) in [6, 6.07) is 13.3. The van der Waals surface area contributed by atoms with Crippen LogP contribution in [0.4, 0.5) is 24.5 Å². The van der Waals surface area contributed by atoms with E-state index in [9.17, 15) is 27.6 Å². The van der Waals surface area contributed by atoms with Crippen LogP contribution in [0.3, 0.4) is 0 Å². The van der Waals surface area contributed by atoms with Crippen LogP contribution in [0.5, 0.6) is 17.2 Å². The fourth-order valence-electron chi connectivity index (χ4n) is 3.26. The first kappa shape index (κ1) is 31.5. The summed E-state index contributed by atoms with van der Waals surface area (Å²) in [4.78, 5) is 36.5. The number of nitrogens with zero attached hydrogens (tertiary/aromatic N) is 1. The molecule has 0 aromatic heterocycles. The first-order valence-electron chi connectivity index (χ1n) is 12.0. The molecule has 0 spiro atoms. The van der Waals surface area contributed by atoms with Gasteiger partial charge < -0.3 is 24.8 Å². The number of hydrogen-bond donors (Lipinski definition) is 3. The molecule has 3 amide bonds. The van der Waals surface area contributed by atoms with Gasteiger partial charge in [0.15, 0.2) is 18.1 Å². The lowest BCUT2D eigenvalue weighted by molar-refractivity contribution is -0.137. The Kier molecular flexibility index (Phi) is 10.9. The second kappa shape index (κ2) is 14.6. The molecular formula is C28H24ClF3N4O6. The minimum absolute atomic E-state index is 0.00672. The number of ether oxygens (including phenoxy) is 3. The molecule has 0 radical (unpaired) electrons. The number of hydrogen-bond acceptors (Lipinski definition) is 7. The maximum atomic E-state index is 12.9. The second-order valence-corrected chi connectivity index (χ2v) is 8.63. The normalized spacial score (nSPS) is 11.0. The Bertz CT molecular complexity index is 1480. The van der Waals surface area contributed by atoms with Gasteiger partial charge in [-0.15, -0.1) is 0 Å². The highest BCUT2D eigenvalue weighted by molar-refractivity contribution is 6.39. The predicted molar refractivity (Wildman–Crippen MR) is 150 cm³/mol. The zero-order valence-electron chi connectivity index (χ0n) is 22.0. The number of carbonyl (C=O) groups excluding carboxylic acids is 3. The molecule has 0 saturated carbocycles. The molecule has 10 nitrogen and oxygen atoms in total. The third-order valence-corrected chi connectivity index (χ3v) is 5.42. The number of halogens is 4. The number of rotatable bonds is 11. The van der Waals surface area contributed by atoms with Crippen LogP contribution in [0, 0.1) is 0 Å². The molecular weight excluding hydrogens is 581 g/mol. The van der Waals surface area contributed by atoms with Gasteiger partial charge in [0.1, 0.15) is 12.4 Å². The Labute approximate surface area is 243 Å². The van der Waals surface area contributed by atoms with Crippen molar-refractivity contribution in [3.63, 3.8) is 0 Å². The number of amides is 3. The minimum Gasteiger partial charge on any atom is -0.493 e. The van der Waals surface area contributed by atoms with Crippen LogP contribution < -0.4 is 30.3 Å². The van der Waals surface area contributed by atoms with Gasteiger partial charge in [-0.2, -0.15) is 18.3 Å². The first-order chi connectivity index (χ1) is 20.0. The molecule has 0 saturated heterocycles. The van der Waals surface area contributed by atoms with E-state index in [0.717, 1.165) is 18.2 Å². The van der Waals surface area contributed by atoms with E-state index in [2.05, 4.69) is 27.7 Å². The molecule has 0 aliphatic heterocycles. The number of benzene rings is 3. The smallest absolute Gasteiger partial charge is 0.416 e. The standard InChI is InChI=1S/C28H24ClF3N4O6/c1-3-11-41-21-9-7-19(8-10-21)35-26(38)27(39)36-33-15-17-12-22(29)25(23(13-17)40-2)42-16-24(37)34-20-6-4-5-18(14-20)28(30,31)32/h3-10,12-15H,1,11,16H2,2H3,(H,34,37)(H,35,38)(H,36,39)/b33-15-. The Morgan fingerprint density at radius 2 is 1.71 bits per heavy atom. The Hall–Kier alpha value is -5.04. The topological polar surface area (TPSA) is 127 Å². The lowest BCUT2D eigenvalue weighted by atomic mass is 10.2. The Balaban J connectivity index is 1.55. The van der Waals surface area contributed by atoms with E-state index in [1.54, 1.807) is 30.3 Å². The lowest BCUT2D eigenvalue weighted by Gasteiger charge is -2.14. The van der Waals surface area contributed by atoms with E-state index < -0.39 is 36.1 Å². The Morgan fingerprint density at radius 3 is 2.38 bits per heavy atom. The third-order valence-electron chi connectivity index (χ3n) is 5.14. The quantitative estimate of drug-likeness (QED) is 0.122. The average Bonchev–Trinajstić information content (AvgIpc) is 2.95. The zero-order valence-corrected chi connectivity index (χ0v) is 22.7. The molecule has 3 N–H and O–H groups in total. The molecule has 0 bridgehead atoms. The third kappa shape index (κ3) is 9.27. The molecule has 0 heterocycles. The fourth-order valence-corrected chi connectivity index (χ4v) is 3.53. The summed E-state index contributed by atoms with van der Waals surface area (Å²) < 4.78 is 54.7. The molecule has 0 fully saturated rings. The molecule has 3 aromatic carbocycles. The molecule has 0 unspecified atom stereocenters. The maximum absolute atomic E-state index is 12.9. The summed E-state index contributed by atoms with van der Waals surface area (Å²) in [7, 11) is 1.31. The van der Waals surface area contributed by atoms with Crippen molar-refractivity contribution in [3.05, 3.63) is 89.5 Å². The largest absolute Gasteiger partial charge is 0.493 e. The molecule has 0 aliphatic carbocycles. The molecule has 3 aromatic rings. The monoisotopic (exact) mass is 604 g/mol. The molecule has 3 rings (SSSR count). The zero-order chi connectivity index (χ0) is 30.7. The fraction of sp³-hybridized carbons (Fsp3) is 0.143. The molecule has 220 valence electrons. The highest BCUT2D eigenvalue weighted by Gasteiger charge is 2.30. The van der Waals surface area contributed by atoms with Crippen molar-refractivity contribution in [2.75, 3.05) is 31.0 Å².